The average Bonchev–Trinajstić information content (AvgIpc) is 2.30. The van der Waals surface area contributed by atoms with Crippen LogP contribution >= 0.6 is 0 Å². The highest BCUT2D eigenvalue weighted by Crippen LogP contribution is 2.06. The molecule has 96 valence electrons. The molecule has 0 radical (unpaired) electrons. The first-order valence-corrected chi connectivity index (χ1v) is 6.36. The van der Waals surface area contributed by atoms with E-state index < -0.39 is 0 Å². The Labute approximate surface area is 105 Å². The third-order valence-electron chi connectivity index (χ3n) is 2.53. The van der Waals surface area contributed by atoms with E-state index in [0.717, 1.165) is 32.5 Å². The van der Waals surface area contributed by atoms with E-state index in [0.29, 0.717) is 5.92 Å². The number of nitrogens with one attached hydrogen (secondary N) is 1. The van der Waals surface area contributed by atoms with Crippen LogP contribution in [0.1, 0.15) is 31.5 Å². The van der Waals surface area contributed by atoms with E-state index in [4.69, 9.17) is 4.74 Å². The summed E-state index contributed by atoms with van der Waals surface area (Å²) in [6.07, 6.45) is 4.08. The third kappa shape index (κ3) is 6.39. The zero-order valence-corrected chi connectivity index (χ0v) is 11.2. The van der Waals surface area contributed by atoms with Gasteiger partial charge in [-0.05, 0) is 36.9 Å². The Kier molecular flexibility index (Phi) is 6.82. The zero-order chi connectivity index (χ0) is 12.5. The quantitative estimate of drug-likeness (QED) is 0.704. The number of aromatic nitrogens is 1. The number of hydrogen-bond donors (Lipinski definition) is 1. The van der Waals surface area contributed by atoms with Crippen LogP contribution in [0.2, 0.25) is 0 Å². The second-order valence-corrected chi connectivity index (χ2v) is 4.78. The smallest absolute Gasteiger partial charge is 0.0474 e. The van der Waals surface area contributed by atoms with Crippen LogP contribution < -0.4 is 5.32 Å². The highest BCUT2D eigenvalue weighted by Gasteiger charge is 1.99. The normalized spacial score (nSPS) is 11.1. The molecule has 3 heteroatoms. The molecular weight excluding hydrogens is 212 g/mol. The van der Waals surface area contributed by atoms with Gasteiger partial charge in [-0.15, -0.1) is 0 Å². The number of methoxy groups -OCH3 is 1. The topological polar surface area (TPSA) is 34.1 Å². The number of ether oxygens (including phenoxy) is 1. The molecule has 0 fully saturated rings. The summed E-state index contributed by atoms with van der Waals surface area (Å²) in [5, 5.41) is 3.38. The maximum atomic E-state index is 4.99. The van der Waals surface area contributed by atoms with Crippen molar-refractivity contribution < 1.29 is 4.74 Å². The zero-order valence-electron chi connectivity index (χ0n) is 11.2. The predicted octanol–water partition coefficient (Wildman–Crippen LogP) is 2.41. The van der Waals surface area contributed by atoms with Crippen LogP contribution in [0.5, 0.6) is 0 Å². The van der Waals surface area contributed by atoms with Gasteiger partial charge in [0.15, 0.2) is 0 Å². The molecule has 0 saturated carbocycles. The van der Waals surface area contributed by atoms with Gasteiger partial charge >= 0.3 is 0 Å². The van der Waals surface area contributed by atoms with E-state index in [1.165, 1.54) is 11.3 Å². The van der Waals surface area contributed by atoms with Gasteiger partial charge < -0.3 is 10.1 Å². The summed E-state index contributed by atoms with van der Waals surface area (Å²) >= 11 is 0. The van der Waals surface area contributed by atoms with Crippen LogP contribution in [-0.4, -0.2) is 25.2 Å². The van der Waals surface area contributed by atoms with Crippen LogP contribution in [-0.2, 0) is 17.7 Å². The van der Waals surface area contributed by atoms with Gasteiger partial charge in [0.05, 0.1) is 0 Å². The lowest BCUT2D eigenvalue weighted by Gasteiger charge is -2.07. The molecule has 0 amide bonds. The van der Waals surface area contributed by atoms with Gasteiger partial charge in [-0.1, -0.05) is 19.9 Å². The van der Waals surface area contributed by atoms with Crippen molar-refractivity contribution in [2.75, 3.05) is 20.3 Å². The second-order valence-electron chi connectivity index (χ2n) is 4.78. The summed E-state index contributed by atoms with van der Waals surface area (Å²) in [7, 11) is 1.73. The Morgan fingerprint density at radius 1 is 1.35 bits per heavy atom. The van der Waals surface area contributed by atoms with Gasteiger partial charge in [-0.3, -0.25) is 4.98 Å². The molecule has 0 aromatic carbocycles. The molecular formula is C14H24N2O. The lowest BCUT2D eigenvalue weighted by atomic mass is 10.1. The monoisotopic (exact) mass is 236 g/mol. The number of hydrogen-bond acceptors (Lipinski definition) is 3. The van der Waals surface area contributed by atoms with E-state index in [2.05, 4.69) is 36.3 Å². The van der Waals surface area contributed by atoms with E-state index in [1.807, 2.05) is 6.20 Å². The Hall–Kier alpha value is -0.930. The average molecular weight is 236 g/mol. The maximum absolute atomic E-state index is 4.99. The molecule has 1 aromatic heterocycles. The third-order valence-corrected chi connectivity index (χ3v) is 2.53. The Balaban J connectivity index is 2.25. The minimum Gasteiger partial charge on any atom is -0.385 e. The summed E-state index contributed by atoms with van der Waals surface area (Å²) in [5.41, 5.74) is 2.43. The van der Waals surface area contributed by atoms with E-state index >= 15 is 0 Å². The van der Waals surface area contributed by atoms with Gasteiger partial charge in [0.1, 0.15) is 0 Å². The van der Waals surface area contributed by atoms with E-state index in [-0.39, 0.29) is 0 Å². The lowest BCUT2D eigenvalue weighted by molar-refractivity contribution is 0.194. The Morgan fingerprint density at radius 3 is 2.76 bits per heavy atom. The van der Waals surface area contributed by atoms with Crippen molar-refractivity contribution in [1.82, 2.24) is 10.3 Å². The van der Waals surface area contributed by atoms with Gasteiger partial charge in [0.25, 0.3) is 0 Å². The number of rotatable bonds is 8. The Bertz CT molecular complexity index is 296. The van der Waals surface area contributed by atoms with Crippen LogP contribution in [0.3, 0.4) is 0 Å². The number of nitrogens with zero attached hydrogens (tertiary/aromatic N) is 1. The molecule has 0 bridgehead atoms. The summed E-state index contributed by atoms with van der Waals surface area (Å²) in [6, 6.07) is 4.29. The maximum Gasteiger partial charge on any atom is 0.0474 e. The molecule has 1 aromatic rings. The van der Waals surface area contributed by atoms with Crippen molar-refractivity contribution >= 4 is 0 Å². The molecule has 0 aliphatic rings. The second kappa shape index (κ2) is 8.20. The fourth-order valence-corrected chi connectivity index (χ4v) is 1.67. The molecule has 1 heterocycles. The van der Waals surface area contributed by atoms with Crippen molar-refractivity contribution in [2.45, 2.75) is 33.2 Å². The van der Waals surface area contributed by atoms with E-state index in [1.54, 1.807) is 7.11 Å². The van der Waals surface area contributed by atoms with Crippen molar-refractivity contribution in [1.29, 1.82) is 0 Å². The fourth-order valence-electron chi connectivity index (χ4n) is 1.67. The highest BCUT2D eigenvalue weighted by atomic mass is 16.5. The Morgan fingerprint density at radius 2 is 2.18 bits per heavy atom. The molecule has 0 unspecified atom stereocenters. The first kappa shape index (κ1) is 14.1. The first-order chi connectivity index (χ1) is 8.22. The molecule has 0 saturated heterocycles. The first-order valence-electron chi connectivity index (χ1n) is 6.36. The number of pyridine rings is 1. The van der Waals surface area contributed by atoms with Gasteiger partial charge in [-0.25, -0.2) is 0 Å². The van der Waals surface area contributed by atoms with Gasteiger partial charge in [-0.2, -0.15) is 0 Å². The van der Waals surface area contributed by atoms with Crippen molar-refractivity contribution in [3.63, 3.8) is 0 Å². The van der Waals surface area contributed by atoms with Crippen LogP contribution in [0.15, 0.2) is 18.3 Å². The molecule has 3 nitrogen and oxygen atoms in total. The van der Waals surface area contributed by atoms with Crippen molar-refractivity contribution in [3.8, 4) is 0 Å². The summed E-state index contributed by atoms with van der Waals surface area (Å²) < 4.78 is 4.99. The van der Waals surface area contributed by atoms with Crippen LogP contribution in [0.4, 0.5) is 0 Å². The fraction of sp³-hybridized carbons (Fsp3) is 0.643. The van der Waals surface area contributed by atoms with Gasteiger partial charge in [0, 0.05) is 32.2 Å². The summed E-state index contributed by atoms with van der Waals surface area (Å²) in [6.45, 7) is 7.12. The minimum absolute atomic E-state index is 0.667. The lowest BCUT2D eigenvalue weighted by Crippen LogP contribution is -2.16. The van der Waals surface area contributed by atoms with Crippen molar-refractivity contribution in [2.24, 2.45) is 5.92 Å². The van der Waals surface area contributed by atoms with Crippen LogP contribution in [0.25, 0.3) is 0 Å². The molecule has 0 spiro atoms. The summed E-state index contributed by atoms with van der Waals surface area (Å²) in [4.78, 5) is 4.47. The summed E-state index contributed by atoms with van der Waals surface area (Å²) in [5.74, 6) is 0.667. The van der Waals surface area contributed by atoms with Crippen LogP contribution in [0, 0.1) is 5.92 Å². The molecule has 0 aliphatic carbocycles. The predicted molar refractivity (Wildman–Crippen MR) is 71.0 cm³/mol. The molecule has 0 atom stereocenters. The minimum atomic E-state index is 0.667. The SMILES string of the molecule is COCCCNCc1ccc(CC(C)C)nc1. The molecule has 1 rings (SSSR count). The van der Waals surface area contributed by atoms with Crippen molar-refractivity contribution in [3.05, 3.63) is 29.6 Å². The molecule has 0 aliphatic heterocycles. The largest absolute Gasteiger partial charge is 0.385 e. The molecule has 1 N–H and O–H groups in total. The highest BCUT2D eigenvalue weighted by molar-refractivity contribution is 5.14. The standard InChI is InChI=1S/C14H24N2O/c1-12(2)9-14-6-5-13(11-16-14)10-15-7-4-8-17-3/h5-6,11-12,15H,4,7-10H2,1-3H3. The van der Waals surface area contributed by atoms with Gasteiger partial charge in [0.2, 0.25) is 0 Å². The molecule has 17 heavy (non-hydrogen) atoms. The van der Waals surface area contributed by atoms with E-state index in [9.17, 15) is 0 Å².